The predicted molar refractivity (Wildman–Crippen MR) is 107 cm³/mol. The number of amides is 1. The molecule has 0 bridgehead atoms. The zero-order valence-electron chi connectivity index (χ0n) is 17.4. The van der Waals surface area contributed by atoms with Crippen LogP contribution >= 0.6 is 0 Å². The van der Waals surface area contributed by atoms with Crippen LogP contribution in [-0.2, 0) is 16.1 Å². The fourth-order valence-electron chi connectivity index (χ4n) is 3.32. The van der Waals surface area contributed by atoms with Crippen LogP contribution in [-0.4, -0.2) is 41.1 Å². The Kier molecular flexibility index (Phi) is 6.56. The van der Waals surface area contributed by atoms with E-state index in [1.165, 1.54) is 0 Å². The van der Waals surface area contributed by atoms with Gasteiger partial charge in [0.05, 0.1) is 16.8 Å². The summed E-state index contributed by atoms with van der Waals surface area (Å²) in [5.41, 5.74) is 2.08. The maximum atomic E-state index is 12.5. The molecule has 1 aromatic heterocycles. The molecule has 0 aliphatic carbocycles. The van der Waals surface area contributed by atoms with Crippen LogP contribution in [0.3, 0.4) is 0 Å². The minimum Gasteiger partial charge on any atom is -0.489 e. The number of carbonyl (C=O) groups is 2. The Balaban J connectivity index is 1.52. The molecule has 7 nitrogen and oxygen atoms in total. The Hall–Kier alpha value is -2.83. The summed E-state index contributed by atoms with van der Waals surface area (Å²) in [6.07, 6.45) is 1.18. The first kappa shape index (κ1) is 20.9. The summed E-state index contributed by atoms with van der Waals surface area (Å²) in [7, 11) is 0. The Bertz CT molecular complexity index is 831. The molecule has 0 saturated carbocycles. The first-order chi connectivity index (χ1) is 13.8. The topological polar surface area (TPSA) is 81.9 Å². The summed E-state index contributed by atoms with van der Waals surface area (Å²) >= 11 is 0. The standard InChI is InChI=1S/C22H28N2O5/c1-14-9-11-24(12-10-14)21(25)17(4)28-22(26)18-5-7-19(8-6-18)27-13-20-15(2)23-29-16(20)3/h5-8,14,17H,9-13H2,1-4H3/t17-/m1/s1. The van der Waals surface area contributed by atoms with E-state index in [4.69, 9.17) is 14.0 Å². The summed E-state index contributed by atoms with van der Waals surface area (Å²) in [6.45, 7) is 9.29. The van der Waals surface area contributed by atoms with Gasteiger partial charge >= 0.3 is 5.97 Å². The van der Waals surface area contributed by atoms with Crippen LogP contribution in [0.15, 0.2) is 28.8 Å². The molecule has 1 amide bonds. The van der Waals surface area contributed by atoms with E-state index in [0.29, 0.717) is 23.8 Å². The SMILES string of the molecule is Cc1noc(C)c1COc1ccc(C(=O)O[C@H](C)C(=O)N2CCC(C)CC2)cc1. The summed E-state index contributed by atoms with van der Waals surface area (Å²) in [5.74, 6) is 1.33. The number of aromatic nitrogens is 1. The minimum atomic E-state index is -0.800. The number of nitrogens with zero attached hydrogens (tertiary/aromatic N) is 2. The van der Waals surface area contributed by atoms with Crippen molar-refractivity contribution in [2.45, 2.75) is 53.2 Å². The van der Waals surface area contributed by atoms with E-state index >= 15 is 0 Å². The normalized spacial score (nSPS) is 15.8. The Morgan fingerprint density at radius 2 is 1.86 bits per heavy atom. The Morgan fingerprint density at radius 3 is 2.45 bits per heavy atom. The van der Waals surface area contributed by atoms with E-state index in [1.54, 1.807) is 36.1 Å². The van der Waals surface area contributed by atoms with Crippen molar-refractivity contribution in [1.29, 1.82) is 0 Å². The monoisotopic (exact) mass is 400 g/mol. The molecule has 0 unspecified atom stereocenters. The number of aryl methyl sites for hydroxylation is 2. The van der Waals surface area contributed by atoms with Crippen LogP contribution in [0.1, 0.15) is 54.1 Å². The summed E-state index contributed by atoms with van der Waals surface area (Å²) in [5, 5.41) is 3.90. The number of carbonyl (C=O) groups excluding carboxylic acids is 2. The van der Waals surface area contributed by atoms with Crippen molar-refractivity contribution in [2.75, 3.05) is 13.1 Å². The average Bonchev–Trinajstić information content (AvgIpc) is 3.04. The first-order valence-corrected chi connectivity index (χ1v) is 9.99. The van der Waals surface area contributed by atoms with E-state index in [-0.39, 0.29) is 5.91 Å². The van der Waals surface area contributed by atoms with Gasteiger partial charge in [0, 0.05) is 13.1 Å². The van der Waals surface area contributed by atoms with Gasteiger partial charge in [-0.1, -0.05) is 12.1 Å². The molecule has 0 spiro atoms. The van der Waals surface area contributed by atoms with E-state index < -0.39 is 12.1 Å². The zero-order chi connectivity index (χ0) is 21.0. The lowest BCUT2D eigenvalue weighted by Crippen LogP contribution is -2.44. The number of piperidine rings is 1. The molecule has 0 radical (unpaired) electrons. The van der Waals surface area contributed by atoms with Gasteiger partial charge in [-0.3, -0.25) is 4.79 Å². The fourth-order valence-corrected chi connectivity index (χ4v) is 3.32. The van der Waals surface area contributed by atoms with Crippen molar-refractivity contribution in [1.82, 2.24) is 10.1 Å². The van der Waals surface area contributed by atoms with Gasteiger partial charge < -0.3 is 18.9 Å². The van der Waals surface area contributed by atoms with E-state index in [0.717, 1.165) is 42.9 Å². The number of hydrogen-bond acceptors (Lipinski definition) is 6. The molecule has 1 aliphatic heterocycles. The molecule has 29 heavy (non-hydrogen) atoms. The summed E-state index contributed by atoms with van der Waals surface area (Å²) < 4.78 is 16.2. The zero-order valence-corrected chi connectivity index (χ0v) is 17.4. The van der Waals surface area contributed by atoms with Gasteiger partial charge in [0.25, 0.3) is 5.91 Å². The van der Waals surface area contributed by atoms with Crippen LogP contribution in [0.4, 0.5) is 0 Å². The van der Waals surface area contributed by atoms with Crippen molar-refractivity contribution in [3.63, 3.8) is 0 Å². The number of benzene rings is 1. The molecule has 1 atom stereocenters. The van der Waals surface area contributed by atoms with Crippen LogP contribution in [0.2, 0.25) is 0 Å². The second-order valence-corrected chi connectivity index (χ2v) is 7.67. The predicted octanol–water partition coefficient (Wildman–Crippen LogP) is 3.67. The van der Waals surface area contributed by atoms with E-state index in [9.17, 15) is 9.59 Å². The van der Waals surface area contributed by atoms with Crippen molar-refractivity contribution in [3.05, 3.63) is 46.8 Å². The number of hydrogen-bond donors (Lipinski definition) is 0. The lowest BCUT2D eigenvalue weighted by Gasteiger charge is -2.31. The smallest absolute Gasteiger partial charge is 0.338 e. The van der Waals surface area contributed by atoms with Gasteiger partial charge in [0.1, 0.15) is 18.1 Å². The average molecular weight is 400 g/mol. The van der Waals surface area contributed by atoms with Gasteiger partial charge in [-0.25, -0.2) is 4.79 Å². The van der Waals surface area contributed by atoms with Gasteiger partial charge in [-0.2, -0.15) is 0 Å². The second-order valence-electron chi connectivity index (χ2n) is 7.67. The van der Waals surface area contributed by atoms with Gasteiger partial charge in [-0.15, -0.1) is 0 Å². The third kappa shape index (κ3) is 5.16. The number of rotatable bonds is 6. The first-order valence-electron chi connectivity index (χ1n) is 9.99. The molecule has 7 heteroatoms. The highest BCUT2D eigenvalue weighted by Gasteiger charge is 2.27. The van der Waals surface area contributed by atoms with Crippen molar-refractivity contribution in [3.8, 4) is 5.75 Å². The van der Waals surface area contributed by atoms with Gasteiger partial charge in [0.2, 0.25) is 0 Å². The number of likely N-dealkylation sites (tertiary alicyclic amines) is 1. The number of ether oxygens (including phenoxy) is 2. The molecule has 1 aromatic carbocycles. The maximum Gasteiger partial charge on any atom is 0.338 e. The fraction of sp³-hybridized carbons (Fsp3) is 0.500. The van der Waals surface area contributed by atoms with E-state index in [2.05, 4.69) is 12.1 Å². The molecule has 1 fully saturated rings. The molecule has 156 valence electrons. The van der Waals surface area contributed by atoms with Crippen LogP contribution in [0.5, 0.6) is 5.75 Å². The molecule has 1 aliphatic rings. The van der Waals surface area contributed by atoms with Gasteiger partial charge in [0.15, 0.2) is 6.10 Å². The van der Waals surface area contributed by atoms with Crippen molar-refractivity contribution >= 4 is 11.9 Å². The molecular weight excluding hydrogens is 372 g/mol. The third-order valence-corrected chi connectivity index (χ3v) is 5.38. The Morgan fingerprint density at radius 1 is 1.21 bits per heavy atom. The summed E-state index contributed by atoms with van der Waals surface area (Å²) in [6, 6.07) is 6.66. The quantitative estimate of drug-likeness (QED) is 0.688. The van der Waals surface area contributed by atoms with Crippen molar-refractivity contribution < 1.29 is 23.6 Å². The highest BCUT2D eigenvalue weighted by atomic mass is 16.5. The van der Waals surface area contributed by atoms with Crippen LogP contribution < -0.4 is 4.74 Å². The highest BCUT2D eigenvalue weighted by Crippen LogP contribution is 2.20. The molecule has 2 aromatic rings. The minimum absolute atomic E-state index is 0.135. The highest BCUT2D eigenvalue weighted by molar-refractivity contribution is 5.92. The molecule has 0 N–H and O–H groups in total. The number of esters is 1. The van der Waals surface area contributed by atoms with Crippen molar-refractivity contribution in [2.24, 2.45) is 5.92 Å². The lowest BCUT2D eigenvalue weighted by atomic mass is 9.99. The molecule has 3 rings (SSSR count). The largest absolute Gasteiger partial charge is 0.489 e. The molecule has 2 heterocycles. The van der Waals surface area contributed by atoms with Crippen LogP contribution in [0.25, 0.3) is 0 Å². The molecular formula is C22H28N2O5. The maximum absolute atomic E-state index is 12.5. The van der Waals surface area contributed by atoms with E-state index in [1.807, 2.05) is 13.8 Å². The van der Waals surface area contributed by atoms with Crippen LogP contribution in [0, 0.1) is 19.8 Å². The molecule has 1 saturated heterocycles. The third-order valence-electron chi connectivity index (χ3n) is 5.38. The summed E-state index contributed by atoms with van der Waals surface area (Å²) in [4.78, 5) is 26.7. The Labute approximate surface area is 171 Å². The lowest BCUT2D eigenvalue weighted by molar-refractivity contribution is -0.141. The second kappa shape index (κ2) is 9.11. The van der Waals surface area contributed by atoms with Gasteiger partial charge in [-0.05, 0) is 63.8 Å².